The molecule has 0 bridgehead atoms. The number of anilines is 2. The molecule has 3 aromatic rings. The van der Waals surface area contributed by atoms with Gasteiger partial charge in [0, 0.05) is 18.1 Å². The number of rotatable bonds is 7. The summed E-state index contributed by atoms with van der Waals surface area (Å²) in [6, 6.07) is 8.64. The summed E-state index contributed by atoms with van der Waals surface area (Å²) in [7, 11) is 0. The Hall–Kier alpha value is -4.60. The summed E-state index contributed by atoms with van der Waals surface area (Å²) in [5, 5.41) is 43.3. The van der Waals surface area contributed by atoms with Gasteiger partial charge in [-0.25, -0.2) is 9.69 Å². The minimum atomic E-state index is -1.07. The number of carbonyl (C=O) groups is 1. The maximum absolute atomic E-state index is 12.9. The van der Waals surface area contributed by atoms with Crippen molar-refractivity contribution in [2.45, 2.75) is 6.54 Å². The number of nitrogens with one attached hydrogen (secondary N) is 1. The highest BCUT2D eigenvalue weighted by Gasteiger charge is 2.39. The van der Waals surface area contributed by atoms with E-state index in [1.165, 1.54) is 0 Å². The normalized spacial score (nSPS) is 10.3. The van der Waals surface area contributed by atoms with Crippen LogP contribution in [0.4, 0.5) is 32.7 Å². The molecule has 0 aliphatic rings. The summed E-state index contributed by atoms with van der Waals surface area (Å²) in [6.45, 7) is -0.0169. The molecular formula is C15H10N8O7S. The average Bonchev–Trinajstić information content (AvgIpc) is 3.27. The molecule has 0 atom stereocenters. The first-order valence-electron chi connectivity index (χ1n) is 8.17. The lowest BCUT2D eigenvalue weighted by atomic mass is 10.2. The van der Waals surface area contributed by atoms with Gasteiger partial charge in [0.15, 0.2) is 0 Å². The molecule has 158 valence electrons. The summed E-state index contributed by atoms with van der Waals surface area (Å²) in [6.07, 6.45) is 0. The van der Waals surface area contributed by atoms with E-state index in [0.717, 1.165) is 0 Å². The smallest absolute Gasteiger partial charge is 0.329 e. The van der Waals surface area contributed by atoms with E-state index in [2.05, 4.69) is 20.1 Å². The molecule has 0 spiro atoms. The number of hydrogen-bond donors (Lipinski definition) is 1. The summed E-state index contributed by atoms with van der Waals surface area (Å²) in [5.41, 5.74) is -3.09. The lowest BCUT2D eigenvalue weighted by Gasteiger charge is -2.19. The Morgan fingerprint density at radius 2 is 1.61 bits per heavy atom. The van der Waals surface area contributed by atoms with Crippen LogP contribution in [-0.2, 0) is 6.54 Å². The molecule has 1 N–H and O–H groups in total. The number of nitro groups is 3. The van der Waals surface area contributed by atoms with E-state index >= 15 is 0 Å². The highest BCUT2D eigenvalue weighted by atomic mass is 32.1. The van der Waals surface area contributed by atoms with E-state index < -0.39 is 43.6 Å². The molecule has 0 saturated heterocycles. The minimum absolute atomic E-state index is 0.0169. The molecule has 2 amide bonds. The summed E-state index contributed by atoms with van der Waals surface area (Å²) >= 11 is 0.541. The van der Waals surface area contributed by atoms with Crippen LogP contribution in [0.1, 0.15) is 5.56 Å². The van der Waals surface area contributed by atoms with Crippen LogP contribution in [0.2, 0.25) is 0 Å². The van der Waals surface area contributed by atoms with E-state index in [1.54, 1.807) is 30.3 Å². The van der Waals surface area contributed by atoms with Crippen molar-refractivity contribution in [3.63, 3.8) is 0 Å². The Labute approximate surface area is 175 Å². The maximum Gasteiger partial charge on any atom is 0.329 e. The molecule has 1 heterocycles. The summed E-state index contributed by atoms with van der Waals surface area (Å²) in [4.78, 5) is 44.6. The zero-order valence-corrected chi connectivity index (χ0v) is 16.0. The van der Waals surface area contributed by atoms with Crippen molar-refractivity contribution in [3.8, 4) is 0 Å². The van der Waals surface area contributed by atoms with Crippen LogP contribution in [-0.4, -0.2) is 35.6 Å². The van der Waals surface area contributed by atoms with Gasteiger partial charge in [0.2, 0.25) is 10.8 Å². The van der Waals surface area contributed by atoms with E-state index in [1.807, 2.05) is 0 Å². The number of amides is 2. The first-order valence-corrected chi connectivity index (χ1v) is 8.95. The molecule has 16 heteroatoms. The van der Waals surface area contributed by atoms with E-state index in [0.29, 0.717) is 34.1 Å². The molecule has 3 rings (SSSR count). The number of hydrogen-bond acceptors (Lipinski definition) is 11. The predicted molar refractivity (Wildman–Crippen MR) is 105 cm³/mol. The van der Waals surface area contributed by atoms with Crippen LogP contribution in [0.25, 0.3) is 0 Å². The fourth-order valence-electron chi connectivity index (χ4n) is 2.55. The Morgan fingerprint density at radius 3 is 2.10 bits per heavy atom. The van der Waals surface area contributed by atoms with Crippen molar-refractivity contribution in [1.82, 2.24) is 20.1 Å². The molecule has 0 aliphatic heterocycles. The molecule has 15 nitrogen and oxygen atoms in total. The van der Waals surface area contributed by atoms with E-state index in [4.69, 9.17) is 0 Å². The number of urea groups is 1. The Balaban J connectivity index is 2.15. The summed E-state index contributed by atoms with van der Waals surface area (Å²) in [5.74, 6) is 0. The maximum atomic E-state index is 12.9. The standard InChI is InChI=1S/C15H10N8O7S/c24-14(16-8-9-4-2-1-3-5-9)20(15-17-18-19-31-15)13-11(22(27)28)6-10(21(25)26)7-12(13)23(29)30/h1-7H,8H2,(H,16,24). The van der Waals surface area contributed by atoms with Crippen LogP contribution < -0.4 is 10.2 Å². The van der Waals surface area contributed by atoms with Crippen LogP contribution in [0, 0.1) is 30.3 Å². The van der Waals surface area contributed by atoms with Crippen molar-refractivity contribution in [1.29, 1.82) is 0 Å². The van der Waals surface area contributed by atoms with Gasteiger partial charge in [0.25, 0.3) is 5.69 Å². The Bertz CT molecular complexity index is 1120. The van der Waals surface area contributed by atoms with Gasteiger partial charge in [-0.1, -0.05) is 39.9 Å². The third kappa shape index (κ3) is 4.53. The van der Waals surface area contributed by atoms with Crippen LogP contribution in [0.3, 0.4) is 0 Å². The van der Waals surface area contributed by atoms with Gasteiger partial charge >= 0.3 is 17.4 Å². The van der Waals surface area contributed by atoms with Gasteiger partial charge in [0.05, 0.1) is 26.9 Å². The molecule has 0 aliphatic carbocycles. The SMILES string of the molecule is O=C(NCc1ccccc1)N(c1nnns1)c1c([N+](=O)[O-])cc([N+](=O)[O-])cc1[N+](=O)[O-]. The van der Waals surface area contributed by atoms with Gasteiger partial charge < -0.3 is 5.32 Å². The van der Waals surface area contributed by atoms with Gasteiger partial charge in [-0.15, -0.1) is 0 Å². The number of nitro benzene ring substituents is 3. The average molecular weight is 446 g/mol. The number of benzene rings is 2. The quantitative estimate of drug-likeness (QED) is 0.415. The zero-order chi connectivity index (χ0) is 22.5. The third-order valence-electron chi connectivity index (χ3n) is 3.85. The topological polar surface area (TPSA) is 200 Å². The van der Waals surface area contributed by atoms with E-state index in [-0.39, 0.29) is 11.7 Å². The third-order valence-corrected chi connectivity index (χ3v) is 4.43. The van der Waals surface area contributed by atoms with Gasteiger partial charge in [-0.2, -0.15) is 0 Å². The van der Waals surface area contributed by atoms with Gasteiger partial charge in [0.1, 0.15) is 0 Å². The van der Waals surface area contributed by atoms with Crippen LogP contribution >= 0.6 is 11.5 Å². The molecule has 2 aromatic carbocycles. The molecule has 0 unspecified atom stereocenters. The van der Waals surface area contributed by atoms with E-state index in [9.17, 15) is 35.1 Å². The fraction of sp³-hybridized carbons (Fsp3) is 0.0667. The largest absolute Gasteiger partial charge is 0.333 e. The zero-order valence-electron chi connectivity index (χ0n) is 15.1. The summed E-state index contributed by atoms with van der Waals surface area (Å²) < 4.78 is 3.48. The second-order valence-electron chi connectivity index (χ2n) is 5.73. The highest BCUT2D eigenvalue weighted by Crippen LogP contribution is 2.44. The van der Waals surface area contributed by atoms with Crippen LogP contribution in [0.15, 0.2) is 42.5 Å². The first-order chi connectivity index (χ1) is 14.8. The van der Waals surface area contributed by atoms with Crippen molar-refractivity contribution in [2.24, 2.45) is 0 Å². The minimum Gasteiger partial charge on any atom is -0.333 e. The second kappa shape index (κ2) is 8.82. The molecule has 0 radical (unpaired) electrons. The van der Waals surface area contributed by atoms with Gasteiger partial charge in [-0.05, 0) is 10.8 Å². The molecule has 31 heavy (non-hydrogen) atoms. The highest BCUT2D eigenvalue weighted by molar-refractivity contribution is 7.09. The Kier molecular flexibility index (Phi) is 6.01. The van der Waals surface area contributed by atoms with Crippen molar-refractivity contribution in [3.05, 3.63) is 78.4 Å². The lowest BCUT2D eigenvalue weighted by Crippen LogP contribution is -2.37. The molecule has 1 aromatic heterocycles. The van der Waals surface area contributed by atoms with Crippen molar-refractivity contribution in [2.75, 3.05) is 4.90 Å². The van der Waals surface area contributed by atoms with Crippen molar-refractivity contribution < 1.29 is 19.6 Å². The molecular weight excluding hydrogens is 436 g/mol. The number of aromatic nitrogens is 3. The number of carbonyl (C=O) groups excluding carboxylic acids is 1. The second-order valence-corrected chi connectivity index (χ2v) is 6.44. The van der Waals surface area contributed by atoms with Crippen molar-refractivity contribution >= 4 is 45.4 Å². The molecule has 0 saturated carbocycles. The fourth-order valence-corrected chi connectivity index (χ4v) is 3.03. The first kappa shape index (κ1) is 21.1. The predicted octanol–water partition coefficient (Wildman–Crippen LogP) is 2.71. The van der Waals surface area contributed by atoms with Gasteiger partial charge in [-0.3, -0.25) is 30.3 Å². The van der Waals surface area contributed by atoms with Crippen LogP contribution in [0.5, 0.6) is 0 Å². The lowest BCUT2D eigenvalue weighted by molar-refractivity contribution is -0.402. The Morgan fingerprint density at radius 1 is 1.00 bits per heavy atom. The monoisotopic (exact) mass is 446 g/mol. The number of nitrogens with zero attached hydrogens (tertiary/aromatic N) is 7. The molecule has 0 fully saturated rings. The number of non-ortho nitro benzene ring substituents is 1.